The fraction of sp³-hybridized carbons (Fsp3) is 0.346. The average Bonchev–Trinajstić information content (AvgIpc) is 3.35. The number of piperazine rings is 1. The fourth-order valence-corrected chi connectivity index (χ4v) is 4.47. The lowest BCUT2D eigenvalue weighted by molar-refractivity contribution is 0.101. The third-order valence-corrected chi connectivity index (χ3v) is 6.11. The molecule has 0 aromatic heterocycles. The molecule has 1 aliphatic carbocycles. The molecule has 5 nitrogen and oxygen atoms in total. The van der Waals surface area contributed by atoms with Gasteiger partial charge in [-0.15, -0.1) is 0 Å². The monoisotopic (exact) mass is 416 g/mol. The molecule has 2 aliphatic heterocycles. The van der Waals surface area contributed by atoms with Crippen LogP contribution in [-0.4, -0.2) is 43.5 Å². The molecule has 0 spiro atoms. The van der Waals surface area contributed by atoms with Crippen molar-refractivity contribution in [3.05, 3.63) is 76.6 Å². The number of rotatable bonds is 6. The normalized spacial score (nSPS) is 19.2. The van der Waals surface area contributed by atoms with Gasteiger partial charge in [-0.25, -0.2) is 0 Å². The van der Waals surface area contributed by atoms with Gasteiger partial charge in [0.2, 0.25) is 5.78 Å². The van der Waals surface area contributed by atoms with Crippen LogP contribution in [0, 0.1) is 0 Å². The maximum atomic E-state index is 13.2. The van der Waals surface area contributed by atoms with Gasteiger partial charge in [-0.3, -0.25) is 9.69 Å². The molecule has 31 heavy (non-hydrogen) atoms. The topological polar surface area (TPSA) is 50.8 Å². The van der Waals surface area contributed by atoms with E-state index in [1.165, 1.54) is 11.1 Å². The lowest BCUT2D eigenvalue weighted by Gasteiger charge is -2.28. The van der Waals surface area contributed by atoms with Crippen molar-refractivity contribution in [2.45, 2.75) is 26.3 Å². The second kappa shape index (κ2) is 8.69. The van der Waals surface area contributed by atoms with Crippen molar-refractivity contribution < 1.29 is 14.3 Å². The van der Waals surface area contributed by atoms with E-state index in [-0.39, 0.29) is 5.78 Å². The molecule has 5 heteroatoms. The van der Waals surface area contributed by atoms with Gasteiger partial charge in [0, 0.05) is 32.7 Å². The Morgan fingerprint density at radius 1 is 1.13 bits per heavy atom. The van der Waals surface area contributed by atoms with Crippen molar-refractivity contribution in [2.75, 3.05) is 32.8 Å². The van der Waals surface area contributed by atoms with E-state index in [1.54, 1.807) is 0 Å². The molecular weight excluding hydrogens is 388 g/mol. The highest BCUT2D eigenvalue weighted by atomic mass is 16.5. The van der Waals surface area contributed by atoms with Crippen LogP contribution < -0.4 is 14.8 Å². The molecule has 0 unspecified atom stereocenters. The van der Waals surface area contributed by atoms with Crippen LogP contribution in [0.4, 0.5) is 0 Å². The number of hydrogen-bond donors (Lipinski definition) is 1. The zero-order chi connectivity index (χ0) is 21.2. The van der Waals surface area contributed by atoms with E-state index < -0.39 is 0 Å². The molecule has 0 bridgehead atoms. The Labute approximate surface area is 183 Å². The summed E-state index contributed by atoms with van der Waals surface area (Å²) in [4.78, 5) is 15.6. The van der Waals surface area contributed by atoms with Crippen LogP contribution in [-0.2, 0) is 13.0 Å². The number of carbonyl (C=O) groups excluding carboxylic acids is 1. The lowest BCUT2D eigenvalue weighted by atomic mass is 10.0. The number of hydrogen-bond acceptors (Lipinski definition) is 5. The number of nitrogens with one attached hydrogen (secondary N) is 1. The third kappa shape index (κ3) is 3.91. The summed E-state index contributed by atoms with van der Waals surface area (Å²) in [7, 11) is 0. The Hall–Kier alpha value is -2.89. The van der Waals surface area contributed by atoms with Gasteiger partial charge in [-0.1, -0.05) is 37.3 Å². The predicted octanol–water partition coefficient (Wildman–Crippen LogP) is 3.98. The zero-order valence-corrected chi connectivity index (χ0v) is 17.9. The maximum absolute atomic E-state index is 13.2. The second-order valence-electron chi connectivity index (χ2n) is 8.25. The summed E-state index contributed by atoms with van der Waals surface area (Å²) in [5, 5.41) is 3.39. The SMILES string of the molecule is CCCOc1ccc2c(c1CN1CCNCC1)O/C(=C\C1=CCc3ccccc31)C2=O. The number of ketones is 1. The first-order chi connectivity index (χ1) is 15.2. The van der Waals surface area contributed by atoms with E-state index in [1.807, 2.05) is 24.3 Å². The van der Waals surface area contributed by atoms with Crippen LogP contribution >= 0.6 is 0 Å². The molecule has 2 aromatic rings. The molecule has 2 heterocycles. The lowest BCUT2D eigenvalue weighted by Crippen LogP contribution is -2.43. The van der Waals surface area contributed by atoms with Gasteiger partial charge in [-0.2, -0.15) is 0 Å². The Morgan fingerprint density at radius 3 is 2.81 bits per heavy atom. The van der Waals surface area contributed by atoms with E-state index in [9.17, 15) is 4.79 Å². The van der Waals surface area contributed by atoms with Gasteiger partial charge in [-0.05, 0) is 47.8 Å². The Bertz CT molecular complexity index is 1060. The zero-order valence-electron chi connectivity index (χ0n) is 17.9. The maximum Gasteiger partial charge on any atom is 0.231 e. The molecule has 2 aromatic carbocycles. The third-order valence-electron chi connectivity index (χ3n) is 6.11. The quantitative estimate of drug-likeness (QED) is 0.722. The van der Waals surface area contributed by atoms with Crippen molar-refractivity contribution in [1.82, 2.24) is 10.2 Å². The molecule has 0 atom stereocenters. The fourth-order valence-electron chi connectivity index (χ4n) is 4.47. The second-order valence-corrected chi connectivity index (χ2v) is 8.25. The van der Waals surface area contributed by atoms with E-state index in [2.05, 4.69) is 41.4 Å². The van der Waals surface area contributed by atoms with E-state index in [0.29, 0.717) is 23.7 Å². The van der Waals surface area contributed by atoms with Crippen LogP contribution in [0.1, 0.15) is 40.4 Å². The van der Waals surface area contributed by atoms with Gasteiger partial charge in [0.05, 0.1) is 17.7 Å². The first-order valence-electron chi connectivity index (χ1n) is 11.2. The highest BCUT2D eigenvalue weighted by Crippen LogP contribution is 2.41. The largest absolute Gasteiger partial charge is 0.493 e. The number of fused-ring (bicyclic) bond motifs is 2. The van der Waals surface area contributed by atoms with E-state index >= 15 is 0 Å². The van der Waals surface area contributed by atoms with Crippen LogP contribution in [0.15, 0.2) is 54.3 Å². The summed E-state index contributed by atoms with van der Waals surface area (Å²) in [6.07, 6.45) is 5.88. The first-order valence-corrected chi connectivity index (χ1v) is 11.2. The van der Waals surface area contributed by atoms with Gasteiger partial charge < -0.3 is 14.8 Å². The number of allylic oxidation sites excluding steroid dienone is 4. The molecule has 160 valence electrons. The minimum atomic E-state index is -0.0520. The van der Waals surface area contributed by atoms with Gasteiger partial charge in [0.15, 0.2) is 5.76 Å². The van der Waals surface area contributed by atoms with E-state index in [0.717, 1.165) is 62.5 Å². The predicted molar refractivity (Wildman–Crippen MR) is 122 cm³/mol. The van der Waals surface area contributed by atoms with Crippen molar-refractivity contribution in [2.24, 2.45) is 0 Å². The highest BCUT2D eigenvalue weighted by molar-refractivity contribution is 6.14. The van der Waals surface area contributed by atoms with Crippen molar-refractivity contribution in [3.63, 3.8) is 0 Å². The molecule has 5 rings (SSSR count). The summed E-state index contributed by atoms with van der Waals surface area (Å²) in [5.41, 5.74) is 5.12. The molecule has 0 radical (unpaired) electrons. The minimum Gasteiger partial charge on any atom is -0.493 e. The summed E-state index contributed by atoms with van der Waals surface area (Å²) in [5.74, 6) is 1.82. The van der Waals surface area contributed by atoms with Crippen molar-refractivity contribution in [1.29, 1.82) is 0 Å². The molecule has 0 saturated carbocycles. The average molecular weight is 417 g/mol. The Balaban J connectivity index is 1.47. The van der Waals surface area contributed by atoms with Crippen LogP contribution in [0.25, 0.3) is 5.57 Å². The number of Topliss-reactive ketones (excluding diaryl/α,β-unsaturated/α-hetero) is 1. The number of nitrogens with zero attached hydrogens (tertiary/aromatic N) is 1. The molecular formula is C26H28N2O3. The molecule has 1 fully saturated rings. The molecule has 1 saturated heterocycles. The smallest absolute Gasteiger partial charge is 0.231 e. The Kier molecular flexibility index (Phi) is 5.62. The number of carbonyl (C=O) groups is 1. The molecule has 0 amide bonds. The summed E-state index contributed by atoms with van der Waals surface area (Å²) in [6, 6.07) is 12.1. The van der Waals surface area contributed by atoms with Crippen LogP contribution in [0.3, 0.4) is 0 Å². The van der Waals surface area contributed by atoms with Crippen LogP contribution in [0.2, 0.25) is 0 Å². The molecule has 1 N–H and O–H groups in total. The number of ether oxygens (including phenoxy) is 2. The molecule has 3 aliphatic rings. The van der Waals surface area contributed by atoms with Gasteiger partial charge in [0.1, 0.15) is 11.5 Å². The van der Waals surface area contributed by atoms with E-state index in [4.69, 9.17) is 9.47 Å². The summed E-state index contributed by atoms with van der Waals surface area (Å²) >= 11 is 0. The standard InChI is InChI=1S/C26H28N2O3/c1-2-15-30-23-10-9-21-25(29)24(16-19-8-7-18-5-3-4-6-20(18)19)31-26(21)22(23)17-28-13-11-27-12-14-28/h3-6,8-10,16,27H,2,7,11-15,17H2,1H3/b24-16-. The Morgan fingerprint density at radius 2 is 1.97 bits per heavy atom. The van der Waals surface area contributed by atoms with Gasteiger partial charge in [0.25, 0.3) is 0 Å². The van der Waals surface area contributed by atoms with Crippen molar-refractivity contribution in [3.8, 4) is 11.5 Å². The van der Waals surface area contributed by atoms with Crippen LogP contribution in [0.5, 0.6) is 11.5 Å². The van der Waals surface area contributed by atoms with Crippen molar-refractivity contribution >= 4 is 11.4 Å². The summed E-state index contributed by atoms with van der Waals surface area (Å²) < 4.78 is 12.3. The van der Waals surface area contributed by atoms with Gasteiger partial charge >= 0.3 is 0 Å². The number of benzene rings is 2. The minimum absolute atomic E-state index is 0.0520. The summed E-state index contributed by atoms with van der Waals surface area (Å²) in [6.45, 7) is 7.34. The first kappa shape index (κ1) is 20.0. The highest BCUT2D eigenvalue weighted by Gasteiger charge is 2.33.